The molecule has 2 atom stereocenters. The van der Waals surface area contributed by atoms with E-state index in [9.17, 15) is 4.79 Å². The largest absolute Gasteiger partial charge is 0.465 e. The second-order valence-electron chi connectivity index (χ2n) is 10.1. The first-order valence-corrected chi connectivity index (χ1v) is 12.3. The zero-order chi connectivity index (χ0) is 22.6. The molecule has 32 heavy (non-hydrogen) atoms. The van der Waals surface area contributed by atoms with Crippen LogP contribution in [0.1, 0.15) is 80.1 Å². The Morgan fingerprint density at radius 1 is 1.16 bits per heavy atom. The Balaban J connectivity index is 1.19. The summed E-state index contributed by atoms with van der Waals surface area (Å²) in [6, 6.07) is 7.66. The van der Waals surface area contributed by atoms with Gasteiger partial charge in [0.05, 0.1) is 56.8 Å². The topological polar surface area (TPSA) is 80.0 Å². The molecule has 6 heteroatoms. The molecular weight excluding hydrogens is 406 g/mol. The highest BCUT2D eigenvalue weighted by atomic mass is 16.5. The third kappa shape index (κ3) is 5.53. The predicted molar refractivity (Wildman–Crippen MR) is 123 cm³/mol. The lowest BCUT2D eigenvalue weighted by Gasteiger charge is -2.46. The summed E-state index contributed by atoms with van der Waals surface area (Å²) in [7, 11) is 1.44. The number of methoxy groups -OCH3 is 1. The number of hydrogen-bond acceptors (Lipinski definition) is 6. The van der Waals surface area contributed by atoms with Gasteiger partial charge in [0.25, 0.3) is 0 Å². The molecule has 0 unspecified atom stereocenters. The van der Waals surface area contributed by atoms with Gasteiger partial charge in [0.1, 0.15) is 0 Å². The lowest BCUT2D eigenvalue weighted by atomic mass is 9.72. The molecule has 5 rings (SSSR count). The molecule has 2 bridgehead atoms. The molecule has 2 aliphatic heterocycles. The van der Waals surface area contributed by atoms with Crippen LogP contribution in [0.5, 0.6) is 0 Å². The lowest BCUT2D eigenvalue weighted by molar-refractivity contribution is -0.151. The van der Waals surface area contributed by atoms with Crippen molar-refractivity contribution < 1.29 is 23.7 Å². The Morgan fingerprint density at radius 3 is 2.53 bits per heavy atom. The molecular formula is C26H39NO5. The van der Waals surface area contributed by atoms with Gasteiger partial charge in [0, 0.05) is 5.41 Å². The number of esters is 1. The van der Waals surface area contributed by atoms with Gasteiger partial charge >= 0.3 is 5.97 Å². The summed E-state index contributed by atoms with van der Waals surface area (Å²) >= 11 is 0. The fourth-order valence-corrected chi connectivity index (χ4v) is 5.50. The number of nitrogens with two attached hydrogens (primary N) is 1. The van der Waals surface area contributed by atoms with Gasteiger partial charge in [-0.05, 0) is 75.8 Å². The van der Waals surface area contributed by atoms with E-state index in [0.717, 1.165) is 44.5 Å². The maximum Gasteiger partial charge on any atom is 0.338 e. The number of carbonyl (C=O) groups excluding carboxylic acids is 1. The Morgan fingerprint density at radius 2 is 1.88 bits per heavy atom. The molecule has 0 amide bonds. The third-order valence-corrected chi connectivity index (χ3v) is 7.88. The van der Waals surface area contributed by atoms with Gasteiger partial charge in [-0.3, -0.25) is 0 Å². The van der Waals surface area contributed by atoms with Crippen molar-refractivity contribution in [2.45, 2.75) is 88.6 Å². The van der Waals surface area contributed by atoms with Crippen LogP contribution in [-0.4, -0.2) is 57.3 Å². The van der Waals surface area contributed by atoms with E-state index < -0.39 is 0 Å². The van der Waals surface area contributed by atoms with Crippen LogP contribution in [-0.2, 0) is 18.9 Å². The summed E-state index contributed by atoms with van der Waals surface area (Å²) < 4.78 is 23.2. The number of fused-ring (bicyclic) bond motifs is 3. The second kappa shape index (κ2) is 10.6. The first-order valence-electron chi connectivity index (χ1n) is 12.3. The Kier molecular flexibility index (Phi) is 7.87. The van der Waals surface area contributed by atoms with Crippen molar-refractivity contribution in [3.8, 4) is 0 Å². The minimum atomic E-state index is -0.258. The summed E-state index contributed by atoms with van der Waals surface area (Å²) in [5, 5.41) is 0. The van der Waals surface area contributed by atoms with Crippen LogP contribution in [0.25, 0.3) is 0 Å². The Bertz CT molecular complexity index is 739. The molecule has 178 valence electrons. The minimum absolute atomic E-state index is 0.0349. The highest BCUT2D eigenvalue weighted by molar-refractivity contribution is 5.91. The number of benzene rings is 1. The van der Waals surface area contributed by atoms with Crippen molar-refractivity contribution >= 4 is 5.97 Å². The van der Waals surface area contributed by atoms with Crippen LogP contribution in [0.15, 0.2) is 24.3 Å². The molecule has 2 saturated carbocycles. The molecule has 0 aromatic heterocycles. The fourth-order valence-electron chi connectivity index (χ4n) is 5.50. The van der Waals surface area contributed by atoms with Gasteiger partial charge in [0.15, 0.2) is 0 Å². The summed E-state index contributed by atoms with van der Waals surface area (Å²) in [5.74, 6) is 0.111. The summed E-state index contributed by atoms with van der Waals surface area (Å²) in [4.78, 5) is 12.1. The Labute approximate surface area is 192 Å². The van der Waals surface area contributed by atoms with E-state index in [1.807, 2.05) is 18.2 Å². The maximum absolute atomic E-state index is 12.1. The van der Waals surface area contributed by atoms with Crippen molar-refractivity contribution in [1.29, 1.82) is 0 Å². The van der Waals surface area contributed by atoms with Gasteiger partial charge in [0.2, 0.25) is 0 Å². The normalized spacial score (nSPS) is 31.8. The molecule has 4 aliphatic rings. The van der Waals surface area contributed by atoms with E-state index in [1.165, 1.54) is 32.8 Å². The van der Waals surface area contributed by atoms with Crippen molar-refractivity contribution in [2.24, 2.45) is 11.1 Å². The van der Waals surface area contributed by atoms with Crippen LogP contribution in [0, 0.1) is 5.41 Å². The fraction of sp³-hybridized carbons (Fsp3) is 0.731. The van der Waals surface area contributed by atoms with Gasteiger partial charge in [-0.25, -0.2) is 4.79 Å². The molecule has 2 heterocycles. The molecule has 0 radical (unpaired) electrons. The first kappa shape index (κ1) is 23.7. The van der Waals surface area contributed by atoms with Crippen molar-refractivity contribution in [3.05, 3.63) is 35.4 Å². The van der Waals surface area contributed by atoms with Gasteiger partial charge in [-0.15, -0.1) is 0 Å². The zero-order valence-electron chi connectivity index (χ0n) is 19.6. The average Bonchev–Trinajstić information content (AvgIpc) is 2.86. The monoisotopic (exact) mass is 445 g/mol. The minimum Gasteiger partial charge on any atom is -0.465 e. The summed E-state index contributed by atoms with van der Waals surface area (Å²) in [6.45, 7) is 4.14. The molecule has 1 aromatic carbocycles. The quantitative estimate of drug-likeness (QED) is 0.574. The van der Waals surface area contributed by atoms with Crippen LogP contribution >= 0.6 is 0 Å². The second-order valence-corrected chi connectivity index (χ2v) is 10.1. The highest BCUT2D eigenvalue weighted by Crippen LogP contribution is 2.43. The SMILES string of the molecule is COC(=O)c1ccccc1[C@H]1CC[C@H](OC[C@@H](N)[C@@H](C)OCC23CCC(CC2)OC3)CC1. The average molecular weight is 446 g/mol. The Hall–Kier alpha value is -1.47. The third-order valence-electron chi connectivity index (χ3n) is 7.88. The van der Waals surface area contributed by atoms with Crippen molar-refractivity contribution in [2.75, 3.05) is 26.9 Å². The highest BCUT2D eigenvalue weighted by Gasteiger charge is 2.42. The zero-order valence-corrected chi connectivity index (χ0v) is 19.6. The lowest BCUT2D eigenvalue weighted by Crippen LogP contribution is -2.47. The molecule has 2 saturated heterocycles. The van der Waals surface area contributed by atoms with E-state index in [4.69, 9.17) is 24.7 Å². The van der Waals surface area contributed by atoms with Crippen LogP contribution in [0.2, 0.25) is 0 Å². The predicted octanol–water partition coefficient (Wildman–Crippen LogP) is 4.21. The molecule has 0 spiro atoms. The molecule has 6 nitrogen and oxygen atoms in total. The number of ether oxygens (including phenoxy) is 4. The molecule has 4 fully saturated rings. The van der Waals surface area contributed by atoms with Gasteiger partial charge in [-0.1, -0.05) is 18.2 Å². The number of hydrogen-bond donors (Lipinski definition) is 1. The van der Waals surface area contributed by atoms with Gasteiger partial charge in [-0.2, -0.15) is 0 Å². The van der Waals surface area contributed by atoms with E-state index in [2.05, 4.69) is 13.0 Å². The van der Waals surface area contributed by atoms with Crippen LogP contribution < -0.4 is 5.73 Å². The maximum atomic E-state index is 12.1. The van der Waals surface area contributed by atoms with E-state index in [-0.39, 0.29) is 29.6 Å². The van der Waals surface area contributed by atoms with Crippen molar-refractivity contribution in [3.63, 3.8) is 0 Å². The van der Waals surface area contributed by atoms with E-state index >= 15 is 0 Å². The molecule has 2 N–H and O–H groups in total. The van der Waals surface area contributed by atoms with E-state index in [0.29, 0.717) is 24.2 Å². The summed E-state index contributed by atoms with van der Waals surface area (Å²) in [6.07, 6.45) is 9.37. The summed E-state index contributed by atoms with van der Waals surface area (Å²) in [5.41, 5.74) is 8.37. The van der Waals surface area contributed by atoms with E-state index in [1.54, 1.807) is 0 Å². The molecule has 2 aliphatic carbocycles. The van der Waals surface area contributed by atoms with Crippen LogP contribution in [0.4, 0.5) is 0 Å². The smallest absolute Gasteiger partial charge is 0.338 e. The van der Waals surface area contributed by atoms with Gasteiger partial charge < -0.3 is 24.7 Å². The first-order chi connectivity index (χ1) is 15.5. The van der Waals surface area contributed by atoms with Crippen molar-refractivity contribution in [1.82, 2.24) is 0 Å². The number of carbonyl (C=O) groups is 1. The number of rotatable bonds is 9. The standard InChI is InChI=1S/C26H39NO5/c1-18(31-16-26-13-11-21(12-14-26)32-17-26)24(27)15-30-20-9-7-19(8-10-20)22-5-3-4-6-23(22)25(28)29-2/h3-6,18-21,24H,7-17,27H2,1-2H3/t18-,19-,20-,21?,24-,26?/m1/s1. The molecule has 1 aromatic rings. The van der Waals surface area contributed by atoms with Crippen LogP contribution in [0.3, 0.4) is 0 Å².